The van der Waals surface area contributed by atoms with Crippen LogP contribution in [0.3, 0.4) is 0 Å². The van der Waals surface area contributed by atoms with Gasteiger partial charge in [-0.1, -0.05) is 0 Å². The van der Waals surface area contributed by atoms with Crippen LogP contribution in [0.15, 0.2) is 18.2 Å². The van der Waals surface area contributed by atoms with Crippen molar-refractivity contribution >= 4 is 23.2 Å². The molecule has 0 bridgehead atoms. The number of ether oxygens (including phenoxy) is 1. The van der Waals surface area contributed by atoms with Crippen molar-refractivity contribution in [1.82, 2.24) is 0 Å². The lowest BCUT2D eigenvalue weighted by molar-refractivity contribution is -0.117. The molecule has 1 aliphatic heterocycles. The lowest BCUT2D eigenvalue weighted by atomic mass is 10.1. The largest absolute Gasteiger partial charge is 0.489 e. The first-order valence-electron chi connectivity index (χ1n) is 6.33. The van der Waals surface area contributed by atoms with Gasteiger partial charge in [-0.25, -0.2) is 4.39 Å². The summed E-state index contributed by atoms with van der Waals surface area (Å²) in [4.78, 5) is 13.5. The number of rotatable bonds is 4. The average Bonchev–Trinajstić information content (AvgIpc) is 2.72. The highest BCUT2D eigenvalue weighted by Crippen LogP contribution is 2.34. The summed E-state index contributed by atoms with van der Waals surface area (Å²) in [6.07, 6.45) is 0.368. The Kier molecular flexibility index (Phi) is 4.30. The standard InChI is InChI=1S/C14H17ClFNO2/c1-9(2)19-13-4-3-11(16)6-12(13)17-8-10(7-15)5-14(17)18/h3-4,6,9-10H,5,7-8H2,1-2H3. The molecule has 1 aliphatic rings. The van der Waals surface area contributed by atoms with Crippen molar-refractivity contribution in [2.75, 3.05) is 17.3 Å². The van der Waals surface area contributed by atoms with Crippen molar-refractivity contribution in [3.8, 4) is 5.75 Å². The SMILES string of the molecule is CC(C)Oc1ccc(F)cc1N1CC(CCl)CC1=O. The molecular formula is C14H17ClFNO2. The third kappa shape index (κ3) is 3.18. The molecule has 0 aliphatic carbocycles. The van der Waals surface area contributed by atoms with Crippen molar-refractivity contribution in [3.63, 3.8) is 0 Å². The molecule has 1 heterocycles. The molecule has 1 aromatic rings. The van der Waals surface area contributed by atoms with E-state index in [0.29, 0.717) is 30.3 Å². The van der Waals surface area contributed by atoms with E-state index in [4.69, 9.17) is 16.3 Å². The molecule has 0 saturated carbocycles. The number of nitrogens with zero attached hydrogens (tertiary/aromatic N) is 1. The van der Waals surface area contributed by atoms with Crippen LogP contribution in [-0.2, 0) is 4.79 Å². The van der Waals surface area contributed by atoms with Gasteiger partial charge in [-0.3, -0.25) is 4.79 Å². The summed E-state index contributed by atoms with van der Waals surface area (Å²) in [5.41, 5.74) is 0.492. The molecule has 1 saturated heterocycles. The van der Waals surface area contributed by atoms with Crippen molar-refractivity contribution in [1.29, 1.82) is 0 Å². The number of carbonyl (C=O) groups is 1. The molecule has 19 heavy (non-hydrogen) atoms. The fourth-order valence-electron chi connectivity index (χ4n) is 2.17. The molecule has 0 N–H and O–H groups in total. The zero-order valence-corrected chi connectivity index (χ0v) is 11.8. The number of amides is 1. The first-order chi connectivity index (χ1) is 9.01. The van der Waals surface area contributed by atoms with Gasteiger partial charge in [0.2, 0.25) is 5.91 Å². The Balaban J connectivity index is 2.32. The quantitative estimate of drug-likeness (QED) is 0.795. The summed E-state index contributed by atoms with van der Waals surface area (Å²) in [5, 5.41) is 0. The maximum absolute atomic E-state index is 13.4. The Morgan fingerprint density at radius 3 is 2.84 bits per heavy atom. The summed E-state index contributed by atoms with van der Waals surface area (Å²) in [5.74, 6) is 0.653. The van der Waals surface area contributed by atoms with E-state index in [-0.39, 0.29) is 23.7 Å². The Bertz CT molecular complexity index is 479. The number of carbonyl (C=O) groups excluding carboxylic acids is 1. The fraction of sp³-hybridized carbons (Fsp3) is 0.500. The van der Waals surface area contributed by atoms with E-state index in [1.54, 1.807) is 11.0 Å². The van der Waals surface area contributed by atoms with Gasteiger partial charge in [0, 0.05) is 24.9 Å². The second kappa shape index (κ2) is 5.78. The predicted octanol–water partition coefficient (Wildman–Crippen LogP) is 3.20. The highest BCUT2D eigenvalue weighted by Gasteiger charge is 2.32. The first-order valence-corrected chi connectivity index (χ1v) is 6.87. The summed E-state index contributed by atoms with van der Waals surface area (Å²) >= 11 is 5.80. The lowest BCUT2D eigenvalue weighted by Crippen LogP contribution is -2.26. The number of halogens is 2. The second-order valence-electron chi connectivity index (χ2n) is 5.01. The first kappa shape index (κ1) is 14.1. The zero-order chi connectivity index (χ0) is 14.0. The zero-order valence-electron chi connectivity index (χ0n) is 11.0. The molecule has 1 unspecified atom stereocenters. The number of hydrogen-bond acceptors (Lipinski definition) is 2. The molecule has 0 radical (unpaired) electrons. The number of hydrogen-bond donors (Lipinski definition) is 0. The average molecular weight is 286 g/mol. The highest BCUT2D eigenvalue weighted by atomic mass is 35.5. The minimum absolute atomic E-state index is 0.0364. The van der Waals surface area contributed by atoms with E-state index < -0.39 is 0 Å². The van der Waals surface area contributed by atoms with Crippen molar-refractivity contribution in [2.24, 2.45) is 5.92 Å². The monoisotopic (exact) mass is 285 g/mol. The minimum atomic E-state index is -0.381. The van der Waals surface area contributed by atoms with Gasteiger partial charge in [0.15, 0.2) is 0 Å². The van der Waals surface area contributed by atoms with Crippen LogP contribution in [0, 0.1) is 11.7 Å². The molecule has 0 spiro atoms. The molecule has 1 amide bonds. The lowest BCUT2D eigenvalue weighted by Gasteiger charge is -2.21. The number of anilines is 1. The van der Waals surface area contributed by atoms with Gasteiger partial charge in [-0.15, -0.1) is 11.6 Å². The summed E-state index contributed by atoms with van der Waals surface area (Å²) in [7, 11) is 0. The van der Waals surface area contributed by atoms with Crippen LogP contribution in [-0.4, -0.2) is 24.4 Å². The van der Waals surface area contributed by atoms with E-state index >= 15 is 0 Å². The van der Waals surface area contributed by atoms with Crippen LogP contribution >= 0.6 is 11.6 Å². The normalized spacial score (nSPS) is 19.3. The van der Waals surface area contributed by atoms with Gasteiger partial charge in [-0.05, 0) is 31.9 Å². The van der Waals surface area contributed by atoms with Crippen LogP contribution in [0.5, 0.6) is 5.75 Å². The molecule has 1 aromatic carbocycles. The smallest absolute Gasteiger partial charge is 0.227 e. The third-order valence-corrected chi connectivity index (χ3v) is 3.43. The molecule has 3 nitrogen and oxygen atoms in total. The van der Waals surface area contributed by atoms with Crippen LogP contribution in [0.25, 0.3) is 0 Å². The Morgan fingerprint density at radius 2 is 2.26 bits per heavy atom. The van der Waals surface area contributed by atoms with Crippen LogP contribution in [0.4, 0.5) is 10.1 Å². The maximum atomic E-state index is 13.4. The van der Waals surface area contributed by atoms with Gasteiger partial charge in [0.1, 0.15) is 11.6 Å². The van der Waals surface area contributed by atoms with Gasteiger partial charge in [-0.2, -0.15) is 0 Å². The van der Waals surface area contributed by atoms with E-state index in [0.717, 1.165) is 0 Å². The van der Waals surface area contributed by atoms with Gasteiger partial charge in [0.25, 0.3) is 0 Å². The predicted molar refractivity (Wildman–Crippen MR) is 73.3 cm³/mol. The Hall–Kier alpha value is -1.29. The number of benzene rings is 1. The molecular weight excluding hydrogens is 269 g/mol. The molecule has 1 atom stereocenters. The van der Waals surface area contributed by atoms with E-state index in [1.807, 2.05) is 13.8 Å². The topological polar surface area (TPSA) is 29.5 Å². The summed E-state index contributed by atoms with van der Waals surface area (Å²) < 4.78 is 19.1. The van der Waals surface area contributed by atoms with Crippen LogP contribution < -0.4 is 9.64 Å². The fourth-order valence-corrected chi connectivity index (χ4v) is 2.38. The van der Waals surface area contributed by atoms with Gasteiger partial charge < -0.3 is 9.64 Å². The summed E-state index contributed by atoms with van der Waals surface area (Å²) in [6, 6.07) is 4.24. The van der Waals surface area contributed by atoms with Crippen molar-refractivity contribution in [2.45, 2.75) is 26.4 Å². The highest BCUT2D eigenvalue weighted by molar-refractivity contribution is 6.18. The minimum Gasteiger partial charge on any atom is -0.489 e. The van der Waals surface area contributed by atoms with Crippen molar-refractivity contribution in [3.05, 3.63) is 24.0 Å². The maximum Gasteiger partial charge on any atom is 0.227 e. The van der Waals surface area contributed by atoms with E-state index in [1.165, 1.54) is 12.1 Å². The molecule has 104 valence electrons. The third-order valence-electron chi connectivity index (χ3n) is 3.00. The number of alkyl halides is 1. The van der Waals surface area contributed by atoms with E-state index in [2.05, 4.69) is 0 Å². The van der Waals surface area contributed by atoms with Gasteiger partial charge in [0.05, 0.1) is 11.8 Å². The van der Waals surface area contributed by atoms with Crippen LogP contribution in [0.2, 0.25) is 0 Å². The molecule has 1 fully saturated rings. The van der Waals surface area contributed by atoms with E-state index in [9.17, 15) is 9.18 Å². The summed E-state index contributed by atoms with van der Waals surface area (Å²) in [6.45, 7) is 4.29. The van der Waals surface area contributed by atoms with Gasteiger partial charge >= 0.3 is 0 Å². The molecule has 0 aromatic heterocycles. The second-order valence-corrected chi connectivity index (χ2v) is 5.32. The Morgan fingerprint density at radius 1 is 1.53 bits per heavy atom. The Labute approximate surface area is 117 Å². The molecule has 2 rings (SSSR count). The van der Waals surface area contributed by atoms with Crippen LogP contribution in [0.1, 0.15) is 20.3 Å². The van der Waals surface area contributed by atoms with Crippen molar-refractivity contribution < 1.29 is 13.9 Å². The molecule has 5 heteroatoms.